The summed E-state index contributed by atoms with van der Waals surface area (Å²) < 4.78 is 5.29. The molecule has 2 rings (SSSR count). The Morgan fingerprint density at radius 3 is 2.55 bits per heavy atom. The van der Waals surface area contributed by atoms with E-state index in [9.17, 15) is 14.7 Å². The van der Waals surface area contributed by atoms with Crippen LogP contribution in [-0.2, 0) is 17.9 Å². The monoisotopic (exact) mass is 282 g/mol. The Morgan fingerprint density at radius 2 is 2.00 bits per heavy atom. The van der Waals surface area contributed by atoms with Crippen molar-refractivity contribution < 1.29 is 19.4 Å². The standard InChI is InChI=1S/C13H18N2O5/c1-9(17)15-4-2-14(3-5-15)7-12-13(19)11(18)6-10(8-16)20-12/h6,16,19H,2-5,7-8H2,1H3. The minimum Gasteiger partial charge on any atom is -0.502 e. The molecule has 0 spiro atoms. The third-order valence-corrected chi connectivity index (χ3v) is 3.38. The van der Waals surface area contributed by atoms with Crippen LogP contribution in [-0.4, -0.2) is 52.1 Å². The van der Waals surface area contributed by atoms with Crippen molar-refractivity contribution in [1.82, 2.24) is 9.80 Å². The van der Waals surface area contributed by atoms with Crippen LogP contribution >= 0.6 is 0 Å². The third-order valence-electron chi connectivity index (χ3n) is 3.38. The molecule has 0 aliphatic carbocycles. The Labute approximate surface area is 116 Å². The van der Waals surface area contributed by atoms with Crippen LogP contribution in [0.1, 0.15) is 18.4 Å². The van der Waals surface area contributed by atoms with Crippen LogP contribution in [0.3, 0.4) is 0 Å². The number of rotatable bonds is 3. The molecule has 1 aromatic rings. The maximum Gasteiger partial charge on any atom is 0.227 e. The topological polar surface area (TPSA) is 94.2 Å². The van der Waals surface area contributed by atoms with Gasteiger partial charge in [-0.25, -0.2) is 0 Å². The number of hydrogen-bond acceptors (Lipinski definition) is 6. The minimum absolute atomic E-state index is 0.0429. The van der Waals surface area contributed by atoms with Gasteiger partial charge in [-0.1, -0.05) is 0 Å². The molecule has 7 nitrogen and oxygen atoms in total. The van der Waals surface area contributed by atoms with Gasteiger partial charge in [-0.3, -0.25) is 14.5 Å². The first-order valence-corrected chi connectivity index (χ1v) is 6.45. The van der Waals surface area contributed by atoms with Gasteiger partial charge in [-0.15, -0.1) is 0 Å². The molecule has 1 aliphatic heterocycles. The van der Waals surface area contributed by atoms with E-state index in [1.807, 2.05) is 4.90 Å². The lowest BCUT2D eigenvalue weighted by molar-refractivity contribution is -0.130. The molecule has 1 saturated heterocycles. The molecule has 1 amide bonds. The fraction of sp³-hybridized carbons (Fsp3) is 0.538. The number of aromatic hydroxyl groups is 1. The SMILES string of the molecule is CC(=O)N1CCN(Cc2oc(CO)cc(=O)c2O)CC1. The van der Waals surface area contributed by atoms with E-state index in [0.29, 0.717) is 26.2 Å². The van der Waals surface area contributed by atoms with E-state index in [4.69, 9.17) is 9.52 Å². The van der Waals surface area contributed by atoms with Crippen molar-refractivity contribution in [2.75, 3.05) is 26.2 Å². The van der Waals surface area contributed by atoms with Crippen LogP contribution < -0.4 is 5.43 Å². The lowest BCUT2D eigenvalue weighted by atomic mass is 10.2. The molecular weight excluding hydrogens is 264 g/mol. The first-order chi connectivity index (χ1) is 9.51. The van der Waals surface area contributed by atoms with Gasteiger partial charge < -0.3 is 19.5 Å². The zero-order chi connectivity index (χ0) is 14.7. The first-order valence-electron chi connectivity index (χ1n) is 6.45. The van der Waals surface area contributed by atoms with Gasteiger partial charge in [0.1, 0.15) is 12.4 Å². The van der Waals surface area contributed by atoms with Crippen LogP contribution in [0.4, 0.5) is 0 Å². The summed E-state index contributed by atoms with van der Waals surface area (Å²) in [5.41, 5.74) is -0.558. The summed E-state index contributed by atoms with van der Waals surface area (Å²) in [6, 6.07) is 1.08. The van der Waals surface area contributed by atoms with E-state index in [1.54, 1.807) is 4.90 Å². The summed E-state index contributed by atoms with van der Waals surface area (Å²) in [6.07, 6.45) is 0. The van der Waals surface area contributed by atoms with Gasteiger partial charge in [0.05, 0.1) is 6.54 Å². The normalized spacial score (nSPS) is 16.4. The molecule has 20 heavy (non-hydrogen) atoms. The zero-order valence-corrected chi connectivity index (χ0v) is 11.3. The predicted octanol–water partition coefficient (Wildman–Crippen LogP) is -0.498. The highest BCUT2D eigenvalue weighted by molar-refractivity contribution is 5.73. The molecule has 0 radical (unpaired) electrons. The summed E-state index contributed by atoms with van der Waals surface area (Å²) in [5, 5.41) is 18.7. The van der Waals surface area contributed by atoms with Gasteiger partial charge in [-0.2, -0.15) is 0 Å². The maximum atomic E-state index is 11.5. The van der Waals surface area contributed by atoms with Crippen molar-refractivity contribution in [2.24, 2.45) is 0 Å². The van der Waals surface area contributed by atoms with Gasteiger partial charge in [0.2, 0.25) is 17.1 Å². The molecule has 1 aliphatic rings. The van der Waals surface area contributed by atoms with E-state index in [0.717, 1.165) is 6.07 Å². The second-order valence-corrected chi connectivity index (χ2v) is 4.79. The average molecular weight is 282 g/mol. The van der Waals surface area contributed by atoms with E-state index >= 15 is 0 Å². The lowest BCUT2D eigenvalue weighted by Gasteiger charge is -2.33. The van der Waals surface area contributed by atoms with Crippen molar-refractivity contribution in [2.45, 2.75) is 20.1 Å². The number of nitrogens with zero attached hydrogens (tertiary/aromatic N) is 2. The van der Waals surface area contributed by atoms with Crippen LogP contribution in [0.25, 0.3) is 0 Å². The molecule has 0 aromatic carbocycles. The fourth-order valence-corrected chi connectivity index (χ4v) is 2.20. The van der Waals surface area contributed by atoms with E-state index in [2.05, 4.69) is 0 Å². The lowest BCUT2D eigenvalue weighted by Crippen LogP contribution is -2.47. The van der Waals surface area contributed by atoms with Crippen LogP contribution in [0.15, 0.2) is 15.3 Å². The van der Waals surface area contributed by atoms with Gasteiger partial charge in [0, 0.05) is 39.2 Å². The summed E-state index contributed by atoms with van der Waals surface area (Å²) in [4.78, 5) is 26.5. The van der Waals surface area contributed by atoms with Gasteiger partial charge in [0.25, 0.3) is 0 Å². The Morgan fingerprint density at radius 1 is 1.35 bits per heavy atom. The van der Waals surface area contributed by atoms with Gasteiger partial charge in [0.15, 0.2) is 5.76 Å². The van der Waals surface area contributed by atoms with E-state index in [-0.39, 0.29) is 30.6 Å². The third kappa shape index (κ3) is 3.17. The van der Waals surface area contributed by atoms with Crippen LogP contribution in [0, 0.1) is 0 Å². The number of amides is 1. The Bertz CT molecular complexity index is 546. The number of carbonyl (C=O) groups is 1. The van der Waals surface area contributed by atoms with Crippen molar-refractivity contribution in [3.8, 4) is 5.75 Å². The zero-order valence-electron chi connectivity index (χ0n) is 11.3. The molecule has 1 fully saturated rings. The highest BCUT2D eigenvalue weighted by Gasteiger charge is 2.21. The Kier molecular flexibility index (Phi) is 4.41. The van der Waals surface area contributed by atoms with Gasteiger partial charge in [-0.05, 0) is 0 Å². The Balaban J connectivity index is 2.06. The molecule has 110 valence electrons. The summed E-state index contributed by atoms with van der Waals surface area (Å²) >= 11 is 0. The number of aliphatic hydroxyl groups is 1. The highest BCUT2D eigenvalue weighted by atomic mass is 16.4. The van der Waals surface area contributed by atoms with Crippen molar-refractivity contribution in [1.29, 1.82) is 0 Å². The van der Waals surface area contributed by atoms with Crippen LogP contribution in [0.2, 0.25) is 0 Å². The molecule has 0 bridgehead atoms. The number of aliphatic hydroxyl groups excluding tert-OH is 1. The number of carbonyl (C=O) groups excluding carboxylic acids is 1. The molecule has 2 N–H and O–H groups in total. The second kappa shape index (κ2) is 6.06. The number of piperazine rings is 1. The average Bonchev–Trinajstić information content (AvgIpc) is 2.44. The summed E-state index contributed by atoms with van der Waals surface area (Å²) in [7, 11) is 0. The van der Waals surface area contributed by atoms with Gasteiger partial charge >= 0.3 is 0 Å². The molecule has 7 heteroatoms. The quantitative estimate of drug-likeness (QED) is 0.776. The molecule has 0 atom stereocenters. The smallest absolute Gasteiger partial charge is 0.227 e. The summed E-state index contributed by atoms with van der Waals surface area (Å²) in [5.74, 6) is -0.0968. The van der Waals surface area contributed by atoms with Crippen molar-refractivity contribution in [3.63, 3.8) is 0 Å². The predicted molar refractivity (Wildman–Crippen MR) is 70.1 cm³/mol. The van der Waals surface area contributed by atoms with Crippen molar-refractivity contribution >= 4 is 5.91 Å². The van der Waals surface area contributed by atoms with Crippen LogP contribution in [0.5, 0.6) is 5.75 Å². The second-order valence-electron chi connectivity index (χ2n) is 4.79. The molecule has 2 heterocycles. The molecule has 0 unspecified atom stereocenters. The summed E-state index contributed by atoms with van der Waals surface area (Å²) in [6.45, 7) is 3.94. The first kappa shape index (κ1) is 14.5. The Hall–Kier alpha value is -1.86. The number of hydrogen-bond donors (Lipinski definition) is 2. The van der Waals surface area contributed by atoms with E-state index < -0.39 is 11.2 Å². The minimum atomic E-state index is -0.558. The molecule has 0 saturated carbocycles. The highest BCUT2D eigenvalue weighted by Crippen LogP contribution is 2.17. The maximum absolute atomic E-state index is 11.5. The molecule has 1 aromatic heterocycles. The fourth-order valence-electron chi connectivity index (χ4n) is 2.20. The van der Waals surface area contributed by atoms with Crippen molar-refractivity contribution in [3.05, 3.63) is 27.8 Å². The largest absolute Gasteiger partial charge is 0.502 e. The van der Waals surface area contributed by atoms with E-state index in [1.165, 1.54) is 6.92 Å². The molecular formula is C13H18N2O5.